The van der Waals surface area contributed by atoms with E-state index in [1.54, 1.807) is 18.3 Å². The highest BCUT2D eigenvalue weighted by molar-refractivity contribution is 5.44. The first-order valence-electron chi connectivity index (χ1n) is 6.72. The van der Waals surface area contributed by atoms with E-state index >= 15 is 0 Å². The number of rotatable bonds is 5. The first-order valence-corrected chi connectivity index (χ1v) is 6.72. The maximum Gasteiger partial charge on any atom is 0.453 e. The van der Waals surface area contributed by atoms with Crippen molar-refractivity contribution < 1.29 is 13.2 Å². The van der Waals surface area contributed by atoms with E-state index in [9.17, 15) is 13.2 Å². The van der Waals surface area contributed by atoms with Crippen LogP contribution in [0.15, 0.2) is 36.5 Å². The van der Waals surface area contributed by atoms with Crippen molar-refractivity contribution >= 4 is 17.3 Å². The fourth-order valence-corrected chi connectivity index (χ4v) is 1.91. The third kappa shape index (κ3) is 3.47. The normalized spacial score (nSPS) is 11.6. The molecule has 0 fully saturated rings. The molecule has 0 aliphatic rings. The molecule has 0 unspecified atom stereocenters. The number of nitrogens with one attached hydrogen (secondary N) is 2. The quantitative estimate of drug-likeness (QED) is 0.700. The molecule has 0 aliphatic heterocycles. The van der Waals surface area contributed by atoms with Crippen LogP contribution < -0.4 is 10.6 Å². The smallest absolute Gasteiger partial charge is 0.368 e. The molecule has 0 amide bonds. The van der Waals surface area contributed by atoms with Gasteiger partial charge in [-0.1, -0.05) is 6.07 Å². The minimum atomic E-state index is -4.61. The molecule has 3 aromatic rings. The fourth-order valence-electron chi connectivity index (χ4n) is 1.91. The molecule has 23 heavy (non-hydrogen) atoms. The average Bonchev–Trinajstić information content (AvgIpc) is 2.96. The summed E-state index contributed by atoms with van der Waals surface area (Å²) < 4.78 is 39.0. The Bertz CT molecular complexity index is 785. The van der Waals surface area contributed by atoms with Crippen molar-refractivity contribution in [2.75, 3.05) is 23.7 Å². The van der Waals surface area contributed by atoms with E-state index in [1.165, 1.54) is 6.07 Å². The Morgan fingerprint density at radius 2 is 1.74 bits per heavy atom. The van der Waals surface area contributed by atoms with Crippen LogP contribution in [-0.4, -0.2) is 37.9 Å². The van der Waals surface area contributed by atoms with Gasteiger partial charge in [0.05, 0.1) is 0 Å². The maximum absolute atomic E-state index is 12.8. The Balaban J connectivity index is 1.64. The van der Waals surface area contributed by atoms with Gasteiger partial charge in [-0.05, 0) is 24.3 Å². The van der Waals surface area contributed by atoms with Gasteiger partial charge in [0.2, 0.25) is 0 Å². The van der Waals surface area contributed by atoms with Gasteiger partial charge in [-0.25, -0.2) is 4.98 Å². The molecule has 0 saturated carbocycles. The van der Waals surface area contributed by atoms with Crippen LogP contribution >= 0.6 is 0 Å². The topological polar surface area (TPSA) is 80.0 Å². The Labute approximate surface area is 128 Å². The number of halogens is 3. The van der Waals surface area contributed by atoms with Gasteiger partial charge in [-0.2, -0.15) is 17.7 Å². The molecule has 3 rings (SSSR count). The van der Waals surface area contributed by atoms with E-state index < -0.39 is 12.0 Å². The number of hydrogen-bond acceptors (Lipinski definition) is 6. The van der Waals surface area contributed by atoms with Gasteiger partial charge in [0.15, 0.2) is 5.65 Å². The Hall–Kier alpha value is -2.91. The van der Waals surface area contributed by atoms with Crippen molar-refractivity contribution in [3.05, 3.63) is 42.4 Å². The van der Waals surface area contributed by atoms with Gasteiger partial charge in [0.25, 0.3) is 5.82 Å². The summed E-state index contributed by atoms with van der Waals surface area (Å²) in [6.07, 6.45) is -2.94. The van der Waals surface area contributed by atoms with Crippen molar-refractivity contribution in [2.24, 2.45) is 0 Å². The highest BCUT2D eigenvalue weighted by Gasteiger charge is 2.37. The molecule has 0 saturated heterocycles. The fraction of sp³-hybridized carbons (Fsp3) is 0.231. The van der Waals surface area contributed by atoms with Crippen LogP contribution in [0.1, 0.15) is 5.82 Å². The minimum absolute atomic E-state index is 0.0366. The lowest BCUT2D eigenvalue weighted by atomic mass is 10.4. The van der Waals surface area contributed by atoms with Gasteiger partial charge in [0.1, 0.15) is 11.6 Å². The van der Waals surface area contributed by atoms with Crippen molar-refractivity contribution in [1.29, 1.82) is 0 Å². The standard InChI is InChI=1S/C13H12F3N7/c14-13(15,16)12-21-20-11-5-4-10(22-23(11)12)19-8-7-18-9-3-1-2-6-17-9/h1-6H,7-8H2,(H,17,18)(H,19,22). The van der Waals surface area contributed by atoms with E-state index in [0.29, 0.717) is 23.4 Å². The number of alkyl halides is 3. The van der Waals surface area contributed by atoms with E-state index in [0.717, 1.165) is 5.82 Å². The summed E-state index contributed by atoms with van der Waals surface area (Å²) in [5, 5.41) is 16.4. The summed E-state index contributed by atoms with van der Waals surface area (Å²) in [4.78, 5) is 4.10. The zero-order valence-electron chi connectivity index (χ0n) is 11.7. The highest BCUT2D eigenvalue weighted by atomic mass is 19.4. The molecule has 2 N–H and O–H groups in total. The summed E-state index contributed by atoms with van der Waals surface area (Å²) in [5.74, 6) is -0.135. The molecule has 0 aromatic carbocycles. The van der Waals surface area contributed by atoms with Crippen LogP contribution in [0, 0.1) is 0 Å². The van der Waals surface area contributed by atoms with Crippen LogP contribution in [0.25, 0.3) is 5.65 Å². The van der Waals surface area contributed by atoms with Crippen molar-refractivity contribution in [2.45, 2.75) is 6.18 Å². The molecule has 120 valence electrons. The molecule has 7 nitrogen and oxygen atoms in total. The van der Waals surface area contributed by atoms with E-state index in [1.807, 2.05) is 12.1 Å². The van der Waals surface area contributed by atoms with Crippen LogP contribution in [0.4, 0.5) is 24.8 Å². The molecule has 0 atom stereocenters. The Morgan fingerprint density at radius 1 is 0.957 bits per heavy atom. The molecule has 3 heterocycles. The summed E-state index contributed by atoms with van der Waals surface area (Å²) in [7, 11) is 0. The number of aromatic nitrogens is 5. The van der Waals surface area contributed by atoms with Crippen LogP contribution in [0.5, 0.6) is 0 Å². The van der Waals surface area contributed by atoms with Gasteiger partial charge < -0.3 is 10.6 Å². The summed E-state index contributed by atoms with van der Waals surface area (Å²) in [5.41, 5.74) is 0.0366. The van der Waals surface area contributed by atoms with E-state index in [2.05, 4.69) is 30.9 Å². The first kappa shape index (κ1) is 15.0. The van der Waals surface area contributed by atoms with Gasteiger partial charge in [-0.3, -0.25) is 0 Å². The number of anilines is 2. The third-order valence-electron chi connectivity index (χ3n) is 2.92. The van der Waals surface area contributed by atoms with Crippen LogP contribution in [0.3, 0.4) is 0 Å². The zero-order chi connectivity index (χ0) is 16.3. The second-order valence-electron chi connectivity index (χ2n) is 4.58. The van der Waals surface area contributed by atoms with Crippen LogP contribution in [-0.2, 0) is 6.18 Å². The van der Waals surface area contributed by atoms with E-state index in [4.69, 9.17) is 0 Å². The number of pyridine rings is 1. The summed E-state index contributed by atoms with van der Waals surface area (Å²) in [6, 6.07) is 8.44. The predicted molar refractivity (Wildman–Crippen MR) is 77.0 cm³/mol. The Morgan fingerprint density at radius 3 is 2.43 bits per heavy atom. The third-order valence-corrected chi connectivity index (χ3v) is 2.92. The van der Waals surface area contributed by atoms with Crippen molar-refractivity contribution in [1.82, 2.24) is 24.8 Å². The van der Waals surface area contributed by atoms with Gasteiger partial charge in [-0.15, -0.1) is 15.3 Å². The van der Waals surface area contributed by atoms with Crippen molar-refractivity contribution in [3.8, 4) is 0 Å². The van der Waals surface area contributed by atoms with Crippen LogP contribution in [0.2, 0.25) is 0 Å². The predicted octanol–water partition coefficient (Wildman–Crippen LogP) is 2.06. The SMILES string of the molecule is FC(F)(F)c1nnc2ccc(NCCNc3ccccn3)nn12. The zero-order valence-corrected chi connectivity index (χ0v) is 11.7. The summed E-state index contributed by atoms with van der Waals surface area (Å²) in [6.45, 7) is 0.990. The Kier molecular flexibility index (Phi) is 3.96. The monoisotopic (exact) mass is 323 g/mol. The molecular weight excluding hydrogens is 311 g/mol. The second kappa shape index (κ2) is 6.07. The summed E-state index contributed by atoms with van der Waals surface area (Å²) >= 11 is 0. The molecule has 0 aliphatic carbocycles. The second-order valence-corrected chi connectivity index (χ2v) is 4.58. The largest absolute Gasteiger partial charge is 0.453 e. The molecule has 3 aromatic heterocycles. The number of fused-ring (bicyclic) bond motifs is 1. The number of nitrogens with zero attached hydrogens (tertiary/aromatic N) is 5. The van der Waals surface area contributed by atoms with Gasteiger partial charge >= 0.3 is 6.18 Å². The lowest BCUT2D eigenvalue weighted by Crippen LogP contribution is -2.17. The van der Waals surface area contributed by atoms with Crippen molar-refractivity contribution in [3.63, 3.8) is 0 Å². The minimum Gasteiger partial charge on any atom is -0.368 e. The molecule has 0 radical (unpaired) electrons. The molecule has 0 bridgehead atoms. The first-order chi connectivity index (χ1) is 11.0. The number of hydrogen-bond donors (Lipinski definition) is 2. The maximum atomic E-state index is 12.8. The molecule has 10 heteroatoms. The van der Waals surface area contributed by atoms with Gasteiger partial charge in [0, 0.05) is 19.3 Å². The molecule has 0 spiro atoms. The lowest BCUT2D eigenvalue weighted by molar-refractivity contribution is -0.146. The van der Waals surface area contributed by atoms with E-state index in [-0.39, 0.29) is 5.65 Å². The highest BCUT2D eigenvalue weighted by Crippen LogP contribution is 2.27. The lowest BCUT2D eigenvalue weighted by Gasteiger charge is -2.08. The molecular formula is C13H12F3N7. The average molecular weight is 323 g/mol.